The minimum Gasteiger partial charge on any atom is -0.267 e. The Hall–Kier alpha value is -2.62. The van der Waals surface area contributed by atoms with Crippen LogP contribution in [-0.4, -0.2) is 22.9 Å². The molecule has 0 heterocycles. The largest absolute Gasteiger partial charge is 0.272 e. The summed E-state index contributed by atoms with van der Waals surface area (Å²) in [6, 6.07) is 13.1. The molecule has 0 aliphatic carbocycles. The van der Waals surface area contributed by atoms with Crippen LogP contribution in [0.3, 0.4) is 0 Å². The number of aryl methyl sites for hydroxylation is 3. The number of nitrogens with one attached hydrogen (secondary N) is 1. The number of carbonyl (C=O) groups is 2. The molecule has 0 aliphatic rings. The molecule has 29 heavy (non-hydrogen) atoms. The molecule has 0 radical (unpaired) electrons. The number of carbonyl (C=O) groups excluding carboxylic acids is 2. The fourth-order valence-corrected chi connectivity index (χ4v) is 3.69. The SMILES string of the molecule is CCC[C@H](N(NC(=O)c1cccc(C)c1)C(=O)c1cc(C)cc(C)c1)C(C)(C)C. The van der Waals surface area contributed by atoms with Gasteiger partial charge < -0.3 is 0 Å². The zero-order valence-electron chi connectivity index (χ0n) is 18.8. The maximum atomic E-state index is 13.6. The van der Waals surface area contributed by atoms with Gasteiger partial charge in [0, 0.05) is 11.1 Å². The molecule has 2 amide bonds. The molecule has 1 atom stereocenters. The lowest BCUT2D eigenvalue weighted by Gasteiger charge is -2.40. The van der Waals surface area contributed by atoms with Crippen molar-refractivity contribution < 1.29 is 9.59 Å². The van der Waals surface area contributed by atoms with Gasteiger partial charge in [0.1, 0.15) is 0 Å². The fourth-order valence-electron chi connectivity index (χ4n) is 3.69. The molecule has 0 saturated carbocycles. The van der Waals surface area contributed by atoms with Gasteiger partial charge in [-0.15, -0.1) is 0 Å². The van der Waals surface area contributed by atoms with Crippen LogP contribution < -0.4 is 5.43 Å². The van der Waals surface area contributed by atoms with E-state index >= 15 is 0 Å². The summed E-state index contributed by atoms with van der Waals surface area (Å²) < 4.78 is 0. The van der Waals surface area contributed by atoms with Crippen LogP contribution in [0.25, 0.3) is 0 Å². The number of rotatable bonds is 5. The second kappa shape index (κ2) is 9.25. The third-order valence-electron chi connectivity index (χ3n) is 5.06. The van der Waals surface area contributed by atoms with Gasteiger partial charge in [-0.05, 0) is 56.9 Å². The van der Waals surface area contributed by atoms with Gasteiger partial charge in [-0.1, -0.05) is 69.0 Å². The van der Waals surface area contributed by atoms with E-state index in [4.69, 9.17) is 0 Å². The molecular weight excluding hydrogens is 360 g/mol. The summed E-state index contributed by atoms with van der Waals surface area (Å²) in [6.07, 6.45) is 1.72. The van der Waals surface area contributed by atoms with Gasteiger partial charge >= 0.3 is 0 Å². The van der Waals surface area contributed by atoms with Crippen LogP contribution in [0.15, 0.2) is 42.5 Å². The molecule has 2 rings (SSSR count). The smallest absolute Gasteiger partial charge is 0.267 e. The average molecular weight is 395 g/mol. The zero-order valence-corrected chi connectivity index (χ0v) is 18.8. The Morgan fingerprint density at radius 2 is 1.52 bits per heavy atom. The Morgan fingerprint density at radius 1 is 0.931 bits per heavy atom. The molecule has 156 valence electrons. The van der Waals surface area contributed by atoms with Crippen molar-refractivity contribution in [3.8, 4) is 0 Å². The van der Waals surface area contributed by atoms with E-state index in [0.29, 0.717) is 11.1 Å². The number of benzene rings is 2. The summed E-state index contributed by atoms with van der Waals surface area (Å²) in [4.78, 5) is 26.6. The summed E-state index contributed by atoms with van der Waals surface area (Å²) >= 11 is 0. The van der Waals surface area contributed by atoms with E-state index in [1.54, 1.807) is 11.1 Å². The molecule has 0 unspecified atom stereocenters. The molecule has 2 aromatic rings. The van der Waals surface area contributed by atoms with Crippen LogP contribution >= 0.6 is 0 Å². The Kier molecular flexibility index (Phi) is 7.23. The molecule has 4 heteroatoms. The highest BCUT2D eigenvalue weighted by atomic mass is 16.2. The normalized spacial score (nSPS) is 12.4. The summed E-state index contributed by atoms with van der Waals surface area (Å²) in [6.45, 7) is 14.3. The standard InChI is InChI=1S/C25H34N2O2/c1-8-10-22(25(5,6)7)27(24(29)21-15-18(3)13-19(4)16-21)26-23(28)20-12-9-11-17(2)14-20/h9,11-16,22H,8,10H2,1-7H3,(H,26,28)/t22-/m0/s1. The molecule has 1 N–H and O–H groups in total. The van der Waals surface area contributed by atoms with Gasteiger partial charge in [-0.25, -0.2) is 5.01 Å². The van der Waals surface area contributed by atoms with E-state index in [2.05, 4.69) is 33.1 Å². The van der Waals surface area contributed by atoms with Crippen molar-refractivity contribution in [1.29, 1.82) is 0 Å². The molecule has 0 saturated heterocycles. The van der Waals surface area contributed by atoms with Gasteiger partial charge in [-0.2, -0.15) is 0 Å². The fraction of sp³-hybridized carbons (Fsp3) is 0.440. The number of hydrogen-bond acceptors (Lipinski definition) is 2. The highest BCUT2D eigenvalue weighted by Gasteiger charge is 2.35. The average Bonchev–Trinajstić information content (AvgIpc) is 2.62. The second-order valence-corrected chi connectivity index (χ2v) is 9.03. The summed E-state index contributed by atoms with van der Waals surface area (Å²) in [5.74, 6) is -0.442. The summed E-state index contributed by atoms with van der Waals surface area (Å²) in [5, 5.41) is 1.56. The van der Waals surface area contributed by atoms with Crippen molar-refractivity contribution >= 4 is 11.8 Å². The van der Waals surface area contributed by atoms with Gasteiger partial charge in [-0.3, -0.25) is 15.0 Å². The van der Waals surface area contributed by atoms with Gasteiger partial charge in [0.25, 0.3) is 11.8 Å². The lowest BCUT2D eigenvalue weighted by atomic mass is 9.83. The maximum Gasteiger partial charge on any atom is 0.272 e. The van der Waals surface area contributed by atoms with E-state index in [9.17, 15) is 9.59 Å². The predicted octanol–water partition coefficient (Wildman–Crippen LogP) is 5.61. The summed E-state index contributed by atoms with van der Waals surface area (Å²) in [5.41, 5.74) is 6.95. The Morgan fingerprint density at radius 3 is 2.03 bits per heavy atom. The van der Waals surface area contributed by atoms with Crippen molar-refractivity contribution in [1.82, 2.24) is 10.4 Å². The van der Waals surface area contributed by atoms with Crippen LogP contribution in [0, 0.1) is 26.2 Å². The number of amides is 2. The first kappa shape index (κ1) is 22.7. The van der Waals surface area contributed by atoms with Gasteiger partial charge in [0.05, 0.1) is 6.04 Å². The predicted molar refractivity (Wildman–Crippen MR) is 119 cm³/mol. The van der Waals surface area contributed by atoms with Crippen LogP contribution in [0.2, 0.25) is 0 Å². The minimum atomic E-state index is -0.267. The van der Waals surface area contributed by atoms with E-state index in [0.717, 1.165) is 29.5 Å². The number of hydrazine groups is 1. The monoisotopic (exact) mass is 394 g/mol. The van der Waals surface area contributed by atoms with Crippen molar-refractivity contribution in [3.63, 3.8) is 0 Å². The van der Waals surface area contributed by atoms with Crippen molar-refractivity contribution in [2.24, 2.45) is 5.41 Å². The quantitative estimate of drug-likeness (QED) is 0.670. The summed E-state index contributed by atoms with van der Waals surface area (Å²) in [7, 11) is 0. The second-order valence-electron chi connectivity index (χ2n) is 9.03. The van der Waals surface area contributed by atoms with Gasteiger partial charge in [0.15, 0.2) is 0 Å². The number of nitrogens with zero attached hydrogens (tertiary/aromatic N) is 1. The number of hydrogen-bond donors (Lipinski definition) is 1. The van der Waals surface area contributed by atoms with E-state index in [1.165, 1.54) is 0 Å². The molecule has 0 fully saturated rings. The van der Waals surface area contributed by atoms with Crippen molar-refractivity contribution in [2.45, 2.75) is 67.3 Å². The molecule has 0 bridgehead atoms. The maximum absolute atomic E-state index is 13.6. The van der Waals surface area contributed by atoms with Crippen molar-refractivity contribution in [3.05, 3.63) is 70.3 Å². The first-order chi connectivity index (χ1) is 13.5. The lowest BCUT2D eigenvalue weighted by Crippen LogP contribution is -2.56. The third kappa shape index (κ3) is 5.93. The Balaban J connectivity index is 2.46. The lowest BCUT2D eigenvalue weighted by molar-refractivity contribution is 0.0271. The minimum absolute atomic E-state index is 0.130. The topological polar surface area (TPSA) is 49.4 Å². The zero-order chi connectivity index (χ0) is 21.8. The molecule has 4 nitrogen and oxygen atoms in total. The Labute approximate surface area is 175 Å². The highest BCUT2D eigenvalue weighted by molar-refractivity contribution is 5.99. The van der Waals surface area contributed by atoms with Crippen molar-refractivity contribution in [2.75, 3.05) is 0 Å². The van der Waals surface area contributed by atoms with Crippen LogP contribution in [-0.2, 0) is 0 Å². The highest BCUT2D eigenvalue weighted by Crippen LogP contribution is 2.29. The Bertz CT molecular complexity index is 860. The van der Waals surface area contributed by atoms with E-state index in [-0.39, 0.29) is 23.3 Å². The van der Waals surface area contributed by atoms with E-state index < -0.39 is 0 Å². The first-order valence-electron chi connectivity index (χ1n) is 10.3. The van der Waals surface area contributed by atoms with Crippen LogP contribution in [0.5, 0.6) is 0 Å². The third-order valence-corrected chi connectivity index (χ3v) is 5.06. The van der Waals surface area contributed by atoms with Crippen LogP contribution in [0.1, 0.15) is 77.9 Å². The molecule has 0 spiro atoms. The molecule has 0 aromatic heterocycles. The molecular formula is C25H34N2O2. The molecule has 2 aromatic carbocycles. The first-order valence-corrected chi connectivity index (χ1v) is 10.3. The molecule has 0 aliphatic heterocycles. The van der Waals surface area contributed by atoms with E-state index in [1.807, 2.05) is 57.2 Å². The van der Waals surface area contributed by atoms with Crippen LogP contribution in [0.4, 0.5) is 0 Å². The van der Waals surface area contributed by atoms with Gasteiger partial charge in [0.2, 0.25) is 0 Å².